The highest BCUT2D eigenvalue weighted by atomic mass is 127. The van der Waals surface area contributed by atoms with Gasteiger partial charge in [0, 0.05) is 24.3 Å². The molecule has 2 heterocycles. The quantitative estimate of drug-likeness (QED) is 0.350. The number of nitrogens with zero attached hydrogens (tertiary/aromatic N) is 1. The van der Waals surface area contributed by atoms with E-state index in [0.29, 0.717) is 12.5 Å². The topological polar surface area (TPSA) is 42.2 Å². The number of likely N-dealkylation sites (N-methyl/N-ethyl adjacent to an activating group) is 1. The van der Waals surface area contributed by atoms with Crippen molar-refractivity contribution < 1.29 is 37.7 Å². The summed E-state index contributed by atoms with van der Waals surface area (Å²) in [7, 11) is 0. The molecule has 2 aliphatic rings. The smallest absolute Gasteiger partial charge is 0.224 e. The number of allylic oxidation sites excluding steroid dienone is 1. The second-order valence-corrected chi connectivity index (χ2v) is 9.35. The van der Waals surface area contributed by atoms with Gasteiger partial charge in [0.25, 0.3) is 0 Å². The zero-order valence-corrected chi connectivity index (χ0v) is 21.0. The molecule has 1 aromatic carbocycles. The highest BCUT2D eigenvalue weighted by molar-refractivity contribution is 5.87. The number of furan rings is 1. The van der Waals surface area contributed by atoms with E-state index in [0.717, 1.165) is 29.4 Å². The van der Waals surface area contributed by atoms with Crippen LogP contribution in [0.1, 0.15) is 63.9 Å². The van der Waals surface area contributed by atoms with E-state index in [1.165, 1.54) is 69.2 Å². The van der Waals surface area contributed by atoms with Gasteiger partial charge in [-0.25, -0.2) is 0 Å². The lowest BCUT2D eigenvalue weighted by Gasteiger charge is -2.44. The predicted octanol–water partition coefficient (Wildman–Crippen LogP) is 2.38. The Morgan fingerprint density at radius 1 is 1.13 bits per heavy atom. The van der Waals surface area contributed by atoms with Gasteiger partial charge in [0.1, 0.15) is 12.1 Å². The van der Waals surface area contributed by atoms with Gasteiger partial charge in [0.05, 0.1) is 32.3 Å². The van der Waals surface area contributed by atoms with E-state index >= 15 is 0 Å². The van der Waals surface area contributed by atoms with Gasteiger partial charge in [-0.2, -0.15) is 0 Å². The molecular formula is C26H37IN2O2. The van der Waals surface area contributed by atoms with Crippen LogP contribution in [-0.4, -0.2) is 42.6 Å². The molecule has 1 N–H and O–H groups in total. The van der Waals surface area contributed by atoms with Crippen LogP contribution in [-0.2, 0) is 11.2 Å². The van der Waals surface area contributed by atoms with E-state index in [2.05, 4.69) is 18.3 Å². The average Bonchev–Trinajstić information content (AvgIpc) is 3.21. The molecule has 0 atom stereocenters. The van der Waals surface area contributed by atoms with Gasteiger partial charge < -0.3 is 38.2 Å². The average molecular weight is 536 g/mol. The van der Waals surface area contributed by atoms with E-state index in [-0.39, 0.29) is 29.9 Å². The Kier molecular flexibility index (Phi) is 9.02. The second kappa shape index (κ2) is 11.5. The molecule has 1 saturated heterocycles. The molecule has 2 aromatic rings. The van der Waals surface area contributed by atoms with Crippen LogP contribution in [0.2, 0.25) is 0 Å². The summed E-state index contributed by atoms with van der Waals surface area (Å²) in [6.07, 6.45) is 14.9. The summed E-state index contributed by atoms with van der Waals surface area (Å²) in [4.78, 5) is 12.7. The van der Waals surface area contributed by atoms with Crippen LogP contribution < -0.4 is 29.3 Å². The van der Waals surface area contributed by atoms with Gasteiger partial charge in [-0.15, -0.1) is 0 Å². The Bertz CT molecular complexity index is 880. The molecule has 31 heavy (non-hydrogen) atoms. The number of benzene rings is 1. The number of rotatable bonds is 6. The number of halogens is 1. The van der Waals surface area contributed by atoms with E-state index in [1.54, 1.807) is 11.8 Å². The van der Waals surface area contributed by atoms with E-state index in [1.807, 2.05) is 24.3 Å². The minimum atomic E-state index is 0. The van der Waals surface area contributed by atoms with Crippen LogP contribution in [0, 0.1) is 0 Å². The normalized spacial score (nSPS) is 26.2. The number of piperidine rings is 1. The number of amides is 1. The molecular weight excluding hydrogens is 499 g/mol. The maximum Gasteiger partial charge on any atom is 0.224 e. The van der Waals surface area contributed by atoms with E-state index in [9.17, 15) is 4.79 Å². The maximum absolute atomic E-state index is 12.7. The first-order valence-corrected chi connectivity index (χ1v) is 11.9. The van der Waals surface area contributed by atoms with Crippen molar-refractivity contribution >= 4 is 16.9 Å². The summed E-state index contributed by atoms with van der Waals surface area (Å²) in [5, 5.41) is 4.36. The minimum absolute atomic E-state index is 0. The third-order valence-corrected chi connectivity index (χ3v) is 7.30. The fourth-order valence-electron chi connectivity index (χ4n) is 5.34. The predicted molar refractivity (Wildman–Crippen MR) is 122 cm³/mol. The van der Waals surface area contributed by atoms with Gasteiger partial charge in [0.2, 0.25) is 5.91 Å². The van der Waals surface area contributed by atoms with Crippen LogP contribution >= 0.6 is 0 Å². The molecule has 1 fully saturated rings. The Morgan fingerprint density at radius 3 is 2.74 bits per heavy atom. The molecule has 1 aromatic heterocycles. The monoisotopic (exact) mass is 536 g/mol. The highest BCUT2D eigenvalue weighted by Crippen LogP contribution is 2.26. The van der Waals surface area contributed by atoms with Crippen LogP contribution in [0.4, 0.5) is 0 Å². The zero-order chi connectivity index (χ0) is 20.8. The number of hydrogen-bond donors (Lipinski definition) is 1. The van der Waals surface area contributed by atoms with Crippen molar-refractivity contribution in [1.29, 1.82) is 0 Å². The Morgan fingerprint density at radius 2 is 1.94 bits per heavy atom. The van der Waals surface area contributed by atoms with Gasteiger partial charge in [-0.05, 0) is 55.9 Å². The minimum Gasteiger partial charge on any atom is -1.00 e. The van der Waals surface area contributed by atoms with Crippen molar-refractivity contribution in [2.24, 2.45) is 0 Å². The van der Waals surface area contributed by atoms with Gasteiger partial charge >= 0.3 is 0 Å². The summed E-state index contributed by atoms with van der Waals surface area (Å²) in [5.41, 5.74) is 3.59. The number of carbonyl (C=O) groups excluding carboxylic acids is 1. The van der Waals surface area contributed by atoms with Gasteiger partial charge in [-0.3, -0.25) is 4.79 Å². The standard InChI is InChI=1S/C26H36N2O2.HI/c1-2-28(20-21-9-6-4-3-5-7-10-21)16-13-23(14-17-28)27-26(29)19-22-11-8-12-25-24(22)15-18-30-25;/h8-9,11-12,15,18,23H,2-7,10,13-14,16-17,19-20H2,1H3;1H/b21-9+;. The lowest BCUT2D eigenvalue weighted by Crippen LogP contribution is -3.00. The molecule has 1 aliphatic heterocycles. The van der Waals surface area contributed by atoms with Crippen molar-refractivity contribution in [3.05, 3.63) is 47.7 Å². The fraction of sp³-hybridized carbons (Fsp3) is 0.577. The molecule has 0 radical (unpaired) electrons. The van der Waals surface area contributed by atoms with Gasteiger partial charge in [0.15, 0.2) is 0 Å². The SMILES string of the molecule is CC[N+]1(C/C2=C/CCCCCC2)CCC(NC(=O)Cc2cccc3occc23)CC1.[I-]. The first kappa shape index (κ1) is 24.3. The first-order chi connectivity index (χ1) is 14.7. The van der Waals surface area contributed by atoms with Crippen LogP contribution in [0.15, 0.2) is 46.6 Å². The number of fused-ring (bicyclic) bond motifs is 1. The van der Waals surface area contributed by atoms with Crippen LogP contribution in [0.3, 0.4) is 0 Å². The molecule has 4 nitrogen and oxygen atoms in total. The molecule has 1 aliphatic carbocycles. The summed E-state index contributed by atoms with van der Waals surface area (Å²) >= 11 is 0. The number of nitrogens with one attached hydrogen (secondary N) is 1. The van der Waals surface area contributed by atoms with Gasteiger partial charge in [-0.1, -0.05) is 31.1 Å². The number of carbonyl (C=O) groups is 1. The molecule has 0 unspecified atom stereocenters. The molecule has 0 spiro atoms. The number of likely N-dealkylation sites (tertiary alicyclic amines) is 1. The van der Waals surface area contributed by atoms with Crippen molar-refractivity contribution in [2.75, 3.05) is 26.2 Å². The number of hydrogen-bond acceptors (Lipinski definition) is 2. The van der Waals surface area contributed by atoms with E-state index < -0.39 is 0 Å². The molecule has 5 heteroatoms. The van der Waals surface area contributed by atoms with Crippen molar-refractivity contribution in [2.45, 2.75) is 70.8 Å². The lowest BCUT2D eigenvalue weighted by molar-refractivity contribution is -0.927. The third-order valence-electron chi connectivity index (χ3n) is 7.30. The van der Waals surface area contributed by atoms with Crippen LogP contribution in [0.5, 0.6) is 0 Å². The Balaban J connectivity index is 0.00000272. The second-order valence-electron chi connectivity index (χ2n) is 9.35. The van der Waals surface area contributed by atoms with E-state index in [4.69, 9.17) is 4.42 Å². The first-order valence-electron chi connectivity index (χ1n) is 11.9. The van der Waals surface area contributed by atoms with Crippen LogP contribution in [0.25, 0.3) is 11.0 Å². The number of quaternary nitrogens is 1. The molecule has 4 rings (SSSR count). The summed E-state index contributed by atoms with van der Waals surface area (Å²) < 4.78 is 6.66. The summed E-state index contributed by atoms with van der Waals surface area (Å²) in [5.74, 6) is 0.132. The Labute approximate surface area is 204 Å². The fourth-order valence-corrected chi connectivity index (χ4v) is 5.34. The summed E-state index contributed by atoms with van der Waals surface area (Å²) in [6, 6.07) is 8.21. The largest absolute Gasteiger partial charge is 1.00 e. The van der Waals surface area contributed by atoms with Crippen molar-refractivity contribution in [3.8, 4) is 0 Å². The van der Waals surface area contributed by atoms with Crippen molar-refractivity contribution in [1.82, 2.24) is 5.32 Å². The molecule has 1 amide bonds. The lowest BCUT2D eigenvalue weighted by atomic mass is 9.96. The highest BCUT2D eigenvalue weighted by Gasteiger charge is 2.33. The molecule has 0 saturated carbocycles. The Hall–Kier alpha value is -1.34. The third kappa shape index (κ3) is 6.35. The molecule has 0 bridgehead atoms. The summed E-state index contributed by atoms with van der Waals surface area (Å²) in [6.45, 7) is 7.11. The van der Waals surface area contributed by atoms with Crippen molar-refractivity contribution in [3.63, 3.8) is 0 Å². The molecule has 170 valence electrons. The maximum atomic E-state index is 12.7. The zero-order valence-electron chi connectivity index (χ0n) is 18.9.